The molecule has 3 nitrogen and oxygen atoms in total. The van der Waals surface area contributed by atoms with Crippen LogP contribution < -0.4 is 4.90 Å². The summed E-state index contributed by atoms with van der Waals surface area (Å²) >= 11 is 6.17. The van der Waals surface area contributed by atoms with E-state index >= 15 is 0 Å². The van der Waals surface area contributed by atoms with E-state index in [0.717, 1.165) is 23.7 Å². The average Bonchev–Trinajstić information content (AvgIpc) is 3.16. The van der Waals surface area contributed by atoms with Crippen LogP contribution in [0.2, 0.25) is 0 Å². The van der Waals surface area contributed by atoms with Crippen LogP contribution in [-0.4, -0.2) is 22.0 Å². The standard InChI is InChI=1S/C15H20ClN3/c1-11(2)10-19(12-6-7-12)15-13(9-16)18-8-4-3-5-14(18)17-15/h3-5,8,11-12H,6-7,9-10H2,1-2H3. The van der Waals surface area contributed by atoms with Gasteiger partial charge in [-0.25, -0.2) is 4.98 Å². The van der Waals surface area contributed by atoms with Gasteiger partial charge in [0.1, 0.15) is 5.65 Å². The van der Waals surface area contributed by atoms with Gasteiger partial charge in [0.25, 0.3) is 0 Å². The van der Waals surface area contributed by atoms with Crippen LogP contribution in [-0.2, 0) is 5.88 Å². The number of halogens is 1. The second kappa shape index (κ2) is 5.04. The van der Waals surface area contributed by atoms with Gasteiger partial charge in [0.2, 0.25) is 0 Å². The van der Waals surface area contributed by atoms with Crippen LogP contribution in [0.25, 0.3) is 5.65 Å². The first-order valence-electron chi connectivity index (χ1n) is 6.99. The van der Waals surface area contributed by atoms with Gasteiger partial charge in [0.05, 0.1) is 11.6 Å². The van der Waals surface area contributed by atoms with Crippen molar-refractivity contribution in [3.05, 3.63) is 30.1 Å². The number of imidazole rings is 1. The number of fused-ring (bicyclic) bond motifs is 1. The molecule has 1 fully saturated rings. The molecule has 0 aliphatic heterocycles. The van der Waals surface area contributed by atoms with Crippen LogP contribution in [0.4, 0.5) is 5.82 Å². The lowest BCUT2D eigenvalue weighted by atomic mass is 10.2. The van der Waals surface area contributed by atoms with Crippen molar-refractivity contribution in [3.8, 4) is 0 Å². The Bertz CT molecular complexity index is 572. The van der Waals surface area contributed by atoms with Crippen molar-refractivity contribution in [2.45, 2.75) is 38.6 Å². The maximum atomic E-state index is 6.17. The highest BCUT2D eigenvalue weighted by Gasteiger charge is 2.32. The van der Waals surface area contributed by atoms with E-state index < -0.39 is 0 Å². The van der Waals surface area contributed by atoms with Crippen LogP contribution in [0.15, 0.2) is 24.4 Å². The molecule has 2 aromatic rings. The lowest BCUT2D eigenvalue weighted by Crippen LogP contribution is -2.30. The molecule has 0 saturated heterocycles. The molecule has 4 heteroatoms. The molecule has 0 amide bonds. The van der Waals surface area contributed by atoms with Gasteiger partial charge >= 0.3 is 0 Å². The number of anilines is 1. The fourth-order valence-electron chi connectivity index (χ4n) is 2.58. The van der Waals surface area contributed by atoms with Crippen molar-refractivity contribution < 1.29 is 0 Å². The molecule has 3 rings (SSSR count). The number of rotatable bonds is 5. The molecule has 1 aliphatic rings. The molecule has 1 saturated carbocycles. The molecule has 0 bridgehead atoms. The molecular formula is C15H20ClN3. The number of aromatic nitrogens is 2. The van der Waals surface area contributed by atoms with Gasteiger partial charge < -0.3 is 9.30 Å². The summed E-state index contributed by atoms with van der Waals surface area (Å²) in [4.78, 5) is 7.26. The lowest BCUT2D eigenvalue weighted by Gasteiger charge is -2.25. The molecule has 2 heterocycles. The average molecular weight is 278 g/mol. The van der Waals surface area contributed by atoms with Gasteiger partial charge in [0.15, 0.2) is 5.82 Å². The molecule has 0 aromatic carbocycles. The monoisotopic (exact) mass is 277 g/mol. The molecule has 0 spiro atoms. The molecule has 2 aromatic heterocycles. The van der Waals surface area contributed by atoms with E-state index in [9.17, 15) is 0 Å². The lowest BCUT2D eigenvalue weighted by molar-refractivity contribution is 0.602. The molecule has 0 unspecified atom stereocenters. The minimum atomic E-state index is 0.502. The van der Waals surface area contributed by atoms with E-state index in [1.165, 1.54) is 12.8 Å². The molecule has 102 valence electrons. The highest BCUT2D eigenvalue weighted by Crippen LogP contribution is 2.34. The SMILES string of the molecule is CC(C)CN(c1nc2ccccn2c1CCl)C1CC1. The van der Waals surface area contributed by atoms with E-state index in [4.69, 9.17) is 16.6 Å². The van der Waals surface area contributed by atoms with Crippen LogP contribution >= 0.6 is 11.6 Å². The van der Waals surface area contributed by atoms with Gasteiger partial charge in [0, 0.05) is 18.8 Å². The summed E-state index contributed by atoms with van der Waals surface area (Å²) in [5.41, 5.74) is 2.10. The Balaban J connectivity index is 2.06. The Kier molecular flexibility index (Phi) is 3.40. The maximum Gasteiger partial charge on any atom is 0.152 e. The van der Waals surface area contributed by atoms with Crippen LogP contribution in [0.1, 0.15) is 32.4 Å². The fraction of sp³-hybridized carbons (Fsp3) is 0.533. The number of alkyl halides is 1. The Morgan fingerprint density at radius 3 is 2.84 bits per heavy atom. The van der Waals surface area contributed by atoms with Crippen LogP contribution in [0.5, 0.6) is 0 Å². The summed E-state index contributed by atoms with van der Waals surface area (Å²) in [7, 11) is 0. The molecule has 0 N–H and O–H groups in total. The Morgan fingerprint density at radius 2 is 2.21 bits per heavy atom. The zero-order chi connectivity index (χ0) is 13.4. The Hall–Kier alpha value is -1.22. The molecule has 0 atom stereocenters. The number of hydrogen-bond acceptors (Lipinski definition) is 2. The summed E-state index contributed by atoms with van der Waals surface area (Å²) in [6.45, 7) is 5.57. The minimum absolute atomic E-state index is 0.502. The zero-order valence-electron chi connectivity index (χ0n) is 11.5. The van der Waals surface area contributed by atoms with Crippen molar-refractivity contribution >= 4 is 23.1 Å². The molecule has 0 radical (unpaired) electrons. The smallest absolute Gasteiger partial charge is 0.152 e. The van der Waals surface area contributed by atoms with E-state index in [1.807, 2.05) is 24.4 Å². The van der Waals surface area contributed by atoms with Gasteiger partial charge in [-0.1, -0.05) is 19.9 Å². The van der Waals surface area contributed by atoms with Crippen molar-refractivity contribution in [1.29, 1.82) is 0 Å². The zero-order valence-corrected chi connectivity index (χ0v) is 12.3. The van der Waals surface area contributed by atoms with Gasteiger partial charge in [-0.2, -0.15) is 0 Å². The predicted molar refractivity (Wildman–Crippen MR) is 80.0 cm³/mol. The Morgan fingerprint density at radius 1 is 1.42 bits per heavy atom. The first-order chi connectivity index (χ1) is 9.20. The summed E-state index contributed by atoms with van der Waals surface area (Å²) < 4.78 is 2.11. The highest BCUT2D eigenvalue weighted by molar-refractivity contribution is 6.17. The van der Waals surface area contributed by atoms with E-state index in [0.29, 0.717) is 17.8 Å². The fourth-order valence-corrected chi connectivity index (χ4v) is 2.82. The van der Waals surface area contributed by atoms with E-state index in [2.05, 4.69) is 23.1 Å². The van der Waals surface area contributed by atoms with E-state index in [-0.39, 0.29) is 0 Å². The van der Waals surface area contributed by atoms with Crippen molar-refractivity contribution in [1.82, 2.24) is 9.38 Å². The topological polar surface area (TPSA) is 20.5 Å². The van der Waals surface area contributed by atoms with Crippen LogP contribution in [0.3, 0.4) is 0 Å². The second-order valence-corrected chi connectivity index (χ2v) is 5.99. The van der Waals surface area contributed by atoms with Gasteiger partial charge in [-0.15, -0.1) is 11.6 Å². The largest absolute Gasteiger partial charge is 0.352 e. The summed E-state index contributed by atoms with van der Waals surface area (Å²) in [6.07, 6.45) is 4.61. The Labute approximate surface area is 119 Å². The molecule has 19 heavy (non-hydrogen) atoms. The first-order valence-corrected chi connectivity index (χ1v) is 7.52. The summed E-state index contributed by atoms with van der Waals surface area (Å²) in [5, 5.41) is 0. The predicted octanol–water partition coefficient (Wildman–Crippen LogP) is 3.70. The minimum Gasteiger partial charge on any atom is -0.352 e. The van der Waals surface area contributed by atoms with Gasteiger partial charge in [-0.05, 0) is 30.9 Å². The first kappa shape index (κ1) is 12.8. The normalized spacial score (nSPS) is 15.4. The second-order valence-electron chi connectivity index (χ2n) is 5.72. The van der Waals surface area contributed by atoms with E-state index in [1.54, 1.807) is 0 Å². The summed E-state index contributed by atoms with van der Waals surface area (Å²) in [5.74, 6) is 2.22. The third-order valence-corrected chi connectivity index (χ3v) is 3.81. The van der Waals surface area contributed by atoms with Crippen molar-refractivity contribution in [2.24, 2.45) is 5.92 Å². The maximum absolute atomic E-state index is 6.17. The number of pyridine rings is 1. The number of hydrogen-bond donors (Lipinski definition) is 0. The summed E-state index contributed by atoms with van der Waals surface area (Å²) in [6, 6.07) is 6.75. The molecule has 1 aliphatic carbocycles. The quantitative estimate of drug-likeness (QED) is 0.777. The third-order valence-electron chi connectivity index (χ3n) is 3.56. The third kappa shape index (κ3) is 2.44. The van der Waals surface area contributed by atoms with Crippen molar-refractivity contribution in [2.75, 3.05) is 11.4 Å². The highest BCUT2D eigenvalue weighted by atomic mass is 35.5. The van der Waals surface area contributed by atoms with Crippen LogP contribution in [0, 0.1) is 5.92 Å². The van der Waals surface area contributed by atoms with Crippen molar-refractivity contribution in [3.63, 3.8) is 0 Å². The molecular weight excluding hydrogens is 258 g/mol. The van der Waals surface area contributed by atoms with Gasteiger partial charge in [-0.3, -0.25) is 0 Å². The number of nitrogens with zero attached hydrogens (tertiary/aromatic N) is 3.